The summed E-state index contributed by atoms with van der Waals surface area (Å²) in [5.41, 5.74) is 1.05. The third kappa shape index (κ3) is 7.42. The molecule has 0 unspecified atom stereocenters. The maximum Gasteiger partial charge on any atom is 0.241 e. The molecule has 0 spiro atoms. The van der Waals surface area contributed by atoms with Crippen LogP contribution in [0.1, 0.15) is 23.3 Å². The summed E-state index contributed by atoms with van der Waals surface area (Å²) in [5.74, 6) is 2.24. The van der Waals surface area contributed by atoms with Gasteiger partial charge < -0.3 is 20.3 Å². The summed E-state index contributed by atoms with van der Waals surface area (Å²) in [6.45, 7) is 2.23. The molecule has 7 heteroatoms. The second-order valence-corrected chi connectivity index (χ2v) is 8.46. The van der Waals surface area contributed by atoms with Gasteiger partial charge in [-0.1, -0.05) is 24.3 Å². The predicted octanol–water partition coefficient (Wildman–Crippen LogP) is 2.90. The number of para-hydroxylation sites is 1. The van der Waals surface area contributed by atoms with Crippen molar-refractivity contribution in [3.63, 3.8) is 0 Å². The average molecular weight is 415 g/mol. The lowest BCUT2D eigenvalue weighted by Gasteiger charge is -2.15. The molecule has 1 fully saturated rings. The van der Waals surface area contributed by atoms with Gasteiger partial charge >= 0.3 is 0 Å². The van der Waals surface area contributed by atoms with Gasteiger partial charge in [0.25, 0.3) is 0 Å². The molecule has 156 valence electrons. The Kier molecular flexibility index (Phi) is 7.93. The maximum atomic E-state index is 12.0. The third-order valence-corrected chi connectivity index (χ3v) is 5.64. The van der Waals surface area contributed by atoms with E-state index in [9.17, 15) is 4.79 Å². The molecule has 3 rings (SSSR count). The van der Waals surface area contributed by atoms with E-state index >= 15 is 0 Å². The Morgan fingerprint density at radius 3 is 2.76 bits per heavy atom. The monoisotopic (exact) mass is 414 g/mol. The van der Waals surface area contributed by atoms with E-state index in [1.54, 1.807) is 30.3 Å². The summed E-state index contributed by atoms with van der Waals surface area (Å²) in [4.78, 5) is 19.5. The molecule has 1 saturated carbocycles. The van der Waals surface area contributed by atoms with Gasteiger partial charge in [-0.05, 0) is 42.7 Å². The van der Waals surface area contributed by atoms with Gasteiger partial charge in [0.05, 0.1) is 19.7 Å². The summed E-state index contributed by atoms with van der Waals surface area (Å²) >= 11 is 1.74. The number of carbonyl (C=O) groups excluding carboxylic acids is 1. The van der Waals surface area contributed by atoms with Crippen molar-refractivity contribution in [3.05, 3.63) is 52.2 Å². The summed E-state index contributed by atoms with van der Waals surface area (Å²) in [6, 6.07) is 12.2. The molecule has 29 heavy (non-hydrogen) atoms. The first-order chi connectivity index (χ1) is 14.1. The predicted molar refractivity (Wildman–Crippen MR) is 119 cm³/mol. The van der Waals surface area contributed by atoms with E-state index in [-0.39, 0.29) is 12.5 Å². The Morgan fingerprint density at radius 2 is 2.03 bits per heavy atom. The zero-order chi connectivity index (χ0) is 20.5. The summed E-state index contributed by atoms with van der Waals surface area (Å²) in [7, 11) is 3.50. The average Bonchev–Trinajstić information content (AvgIpc) is 3.41. The summed E-state index contributed by atoms with van der Waals surface area (Å²) < 4.78 is 5.98. The molecule has 6 nitrogen and oxygen atoms in total. The number of amides is 1. The molecule has 2 N–H and O–H groups in total. The van der Waals surface area contributed by atoms with Crippen LogP contribution in [0.25, 0.3) is 0 Å². The van der Waals surface area contributed by atoms with Crippen LogP contribution in [0.15, 0.2) is 46.8 Å². The fraction of sp³-hybridized carbons (Fsp3) is 0.455. The zero-order valence-electron chi connectivity index (χ0n) is 17.2. The van der Waals surface area contributed by atoms with Crippen molar-refractivity contribution in [1.82, 2.24) is 15.5 Å². The molecule has 0 aliphatic heterocycles. The van der Waals surface area contributed by atoms with Crippen LogP contribution in [-0.4, -0.2) is 50.6 Å². The number of carbonyl (C=O) groups is 1. The fourth-order valence-corrected chi connectivity index (χ4v) is 3.39. The highest BCUT2D eigenvalue weighted by atomic mass is 32.1. The van der Waals surface area contributed by atoms with E-state index in [1.165, 1.54) is 17.7 Å². The molecule has 1 aliphatic carbocycles. The Bertz CT molecular complexity index is 801. The zero-order valence-corrected chi connectivity index (χ0v) is 18.0. The quantitative estimate of drug-likeness (QED) is 0.463. The van der Waals surface area contributed by atoms with Crippen molar-refractivity contribution in [3.8, 4) is 5.75 Å². The third-order valence-electron chi connectivity index (χ3n) is 4.70. The number of hydrogen-bond donors (Lipinski definition) is 2. The molecule has 0 radical (unpaired) electrons. The van der Waals surface area contributed by atoms with Crippen LogP contribution in [0.2, 0.25) is 0 Å². The first kappa shape index (κ1) is 21.2. The maximum absolute atomic E-state index is 12.0. The molecule has 0 saturated heterocycles. The molecular weight excluding hydrogens is 384 g/mol. The smallest absolute Gasteiger partial charge is 0.241 e. The number of guanidine groups is 1. The number of aliphatic imine (C=N–C) groups is 1. The van der Waals surface area contributed by atoms with Gasteiger partial charge in [0.15, 0.2) is 5.96 Å². The van der Waals surface area contributed by atoms with Crippen molar-refractivity contribution in [1.29, 1.82) is 0 Å². The first-order valence-electron chi connectivity index (χ1n) is 10.1. The minimum Gasteiger partial charge on any atom is -0.493 e. The Morgan fingerprint density at radius 1 is 1.21 bits per heavy atom. The molecule has 1 aliphatic rings. The van der Waals surface area contributed by atoms with E-state index in [2.05, 4.69) is 28.1 Å². The van der Waals surface area contributed by atoms with Crippen LogP contribution in [0.3, 0.4) is 0 Å². The van der Waals surface area contributed by atoms with Gasteiger partial charge in [-0.2, -0.15) is 0 Å². The SMILES string of the molecule is CN(C)C(=O)CNC(=NCc1ccccc1OCC1CC1)NCCc1cccs1. The largest absolute Gasteiger partial charge is 0.493 e. The van der Waals surface area contributed by atoms with Gasteiger partial charge in [0.2, 0.25) is 5.91 Å². The van der Waals surface area contributed by atoms with Gasteiger partial charge in [-0.25, -0.2) is 4.99 Å². The Labute approximate surface area is 177 Å². The molecule has 0 bridgehead atoms. The van der Waals surface area contributed by atoms with Crippen LogP contribution in [0, 0.1) is 5.92 Å². The summed E-state index contributed by atoms with van der Waals surface area (Å²) in [5, 5.41) is 8.56. The Hall–Kier alpha value is -2.54. The second-order valence-electron chi connectivity index (χ2n) is 7.42. The number of hydrogen-bond acceptors (Lipinski definition) is 4. The normalized spacial score (nSPS) is 13.8. The first-order valence-corrected chi connectivity index (χ1v) is 10.9. The highest BCUT2D eigenvalue weighted by molar-refractivity contribution is 7.09. The number of ether oxygens (including phenoxy) is 1. The molecule has 1 heterocycles. The number of nitrogens with zero attached hydrogens (tertiary/aromatic N) is 2. The minimum absolute atomic E-state index is 0.00548. The van der Waals surface area contributed by atoms with Crippen LogP contribution >= 0.6 is 11.3 Å². The topological polar surface area (TPSA) is 66.0 Å². The van der Waals surface area contributed by atoms with Gasteiger partial charge in [-0.3, -0.25) is 4.79 Å². The van der Waals surface area contributed by atoms with Crippen molar-refractivity contribution in [2.45, 2.75) is 25.8 Å². The lowest BCUT2D eigenvalue weighted by Crippen LogP contribution is -2.43. The number of likely N-dealkylation sites (N-methyl/N-ethyl adjacent to an activating group) is 1. The van der Waals surface area contributed by atoms with Crippen molar-refractivity contribution >= 4 is 23.2 Å². The number of benzene rings is 1. The molecule has 0 atom stereocenters. The van der Waals surface area contributed by atoms with Crippen LogP contribution in [-0.2, 0) is 17.8 Å². The lowest BCUT2D eigenvalue weighted by molar-refractivity contribution is -0.127. The second kappa shape index (κ2) is 10.9. The van der Waals surface area contributed by atoms with E-state index in [0.717, 1.165) is 30.9 Å². The van der Waals surface area contributed by atoms with E-state index < -0.39 is 0 Å². The van der Waals surface area contributed by atoms with Gasteiger partial charge in [-0.15, -0.1) is 11.3 Å². The molecule has 1 aromatic carbocycles. The van der Waals surface area contributed by atoms with Gasteiger partial charge in [0.1, 0.15) is 5.75 Å². The molecular formula is C22H30N4O2S. The molecule has 1 amide bonds. The highest BCUT2D eigenvalue weighted by Gasteiger charge is 2.22. The number of thiophene rings is 1. The standard InChI is InChI=1S/C22H30N4O2S/c1-26(2)21(27)15-25-22(23-12-11-19-7-5-13-29-19)24-14-18-6-3-4-8-20(18)28-16-17-9-10-17/h3-8,13,17H,9-12,14-16H2,1-2H3,(H2,23,24,25). The van der Waals surface area contributed by atoms with E-state index in [1.807, 2.05) is 24.3 Å². The van der Waals surface area contributed by atoms with Crippen molar-refractivity contribution in [2.24, 2.45) is 10.9 Å². The Balaban J connectivity index is 1.60. The van der Waals surface area contributed by atoms with Crippen LogP contribution < -0.4 is 15.4 Å². The van der Waals surface area contributed by atoms with Crippen LogP contribution in [0.4, 0.5) is 0 Å². The molecule has 2 aromatic rings. The van der Waals surface area contributed by atoms with E-state index in [4.69, 9.17) is 9.73 Å². The minimum atomic E-state index is 0.00548. The highest BCUT2D eigenvalue weighted by Crippen LogP contribution is 2.30. The summed E-state index contributed by atoms with van der Waals surface area (Å²) in [6.07, 6.45) is 3.45. The van der Waals surface area contributed by atoms with Crippen molar-refractivity contribution < 1.29 is 9.53 Å². The number of rotatable bonds is 10. The fourth-order valence-electron chi connectivity index (χ4n) is 2.68. The molecule has 1 aromatic heterocycles. The lowest BCUT2D eigenvalue weighted by atomic mass is 10.2. The number of nitrogens with one attached hydrogen (secondary N) is 2. The van der Waals surface area contributed by atoms with Gasteiger partial charge in [0, 0.05) is 31.1 Å². The van der Waals surface area contributed by atoms with Crippen LogP contribution in [0.5, 0.6) is 5.75 Å². The van der Waals surface area contributed by atoms with E-state index in [0.29, 0.717) is 18.4 Å². The van der Waals surface area contributed by atoms with Crippen molar-refractivity contribution in [2.75, 3.05) is 33.8 Å².